The molecule has 1 amide bonds. The molecule has 0 aromatic carbocycles. The second-order valence-corrected chi connectivity index (χ2v) is 3.15. The van der Waals surface area contributed by atoms with Crippen LogP contribution in [-0.2, 0) is 9.59 Å². The number of carbonyl (C=O) groups is 2. The third-order valence-corrected chi connectivity index (χ3v) is 1.84. The van der Waals surface area contributed by atoms with Gasteiger partial charge in [-0.15, -0.1) is 0 Å². The molecule has 0 aliphatic rings. The van der Waals surface area contributed by atoms with E-state index in [0.29, 0.717) is 0 Å². The second-order valence-electron chi connectivity index (χ2n) is 3.15. The van der Waals surface area contributed by atoms with Gasteiger partial charge in [0.05, 0.1) is 11.9 Å². The number of carboxylic acid groups (broad SMARTS) is 1. The molecule has 0 saturated heterocycles. The monoisotopic (exact) mass is 226 g/mol. The molecule has 1 heterocycles. The topological polar surface area (TPSA) is 79.3 Å². The number of anilines is 1. The first kappa shape index (κ1) is 12.1. The lowest BCUT2D eigenvalue weighted by Gasteiger charge is -2.04. The van der Waals surface area contributed by atoms with Gasteiger partial charge in [0.15, 0.2) is 5.82 Å². The van der Waals surface area contributed by atoms with E-state index in [1.165, 1.54) is 12.3 Å². The Balaban J connectivity index is 2.40. The van der Waals surface area contributed by atoms with Crippen molar-refractivity contribution in [2.45, 2.75) is 19.3 Å². The number of rotatable bonds is 5. The predicted molar refractivity (Wildman–Crippen MR) is 54.3 cm³/mol. The fourth-order valence-electron chi connectivity index (χ4n) is 1.09. The summed E-state index contributed by atoms with van der Waals surface area (Å²) < 4.78 is 13.0. The molecular weight excluding hydrogens is 215 g/mol. The summed E-state index contributed by atoms with van der Waals surface area (Å²) in [5.74, 6) is -1.98. The molecule has 0 spiro atoms. The molecule has 0 bridgehead atoms. The summed E-state index contributed by atoms with van der Waals surface area (Å²) in [6.45, 7) is 0. The van der Waals surface area contributed by atoms with Gasteiger partial charge < -0.3 is 10.4 Å². The van der Waals surface area contributed by atoms with Crippen LogP contribution in [-0.4, -0.2) is 22.0 Å². The molecule has 86 valence electrons. The van der Waals surface area contributed by atoms with Crippen molar-refractivity contribution in [3.63, 3.8) is 0 Å². The van der Waals surface area contributed by atoms with E-state index >= 15 is 0 Å². The summed E-state index contributed by atoms with van der Waals surface area (Å²) in [5.41, 5.74) is 0.0512. The lowest BCUT2D eigenvalue weighted by molar-refractivity contribution is -0.137. The molecule has 0 fully saturated rings. The van der Waals surface area contributed by atoms with Crippen molar-refractivity contribution in [2.24, 2.45) is 0 Å². The van der Waals surface area contributed by atoms with Crippen LogP contribution in [0.25, 0.3) is 0 Å². The van der Waals surface area contributed by atoms with Gasteiger partial charge in [0, 0.05) is 19.0 Å². The smallest absolute Gasteiger partial charge is 0.303 e. The molecular formula is C10H11FN2O3. The van der Waals surface area contributed by atoms with Gasteiger partial charge in [0.1, 0.15) is 0 Å². The van der Waals surface area contributed by atoms with Crippen LogP contribution in [0.15, 0.2) is 18.5 Å². The molecule has 2 N–H and O–H groups in total. The lowest BCUT2D eigenvalue weighted by atomic mass is 10.2. The van der Waals surface area contributed by atoms with Crippen molar-refractivity contribution in [3.05, 3.63) is 24.3 Å². The van der Waals surface area contributed by atoms with Crippen LogP contribution < -0.4 is 5.32 Å². The van der Waals surface area contributed by atoms with Crippen LogP contribution in [0, 0.1) is 5.82 Å². The number of halogens is 1. The summed E-state index contributed by atoms with van der Waals surface area (Å²) in [6, 6.07) is 1.34. The van der Waals surface area contributed by atoms with E-state index < -0.39 is 17.7 Å². The molecule has 1 aromatic rings. The lowest BCUT2D eigenvalue weighted by Crippen LogP contribution is -2.13. The van der Waals surface area contributed by atoms with Gasteiger partial charge in [-0.25, -0.2) is 4.39 Å². The van der Waals surface area contributed by atoms with Crippen LogP contribution in [0.1, 0.15) is 19.3 Å². The molecule has 16 heavy (non-hydrogen) atoms. The Kier molecular flexibility index (Phi) is 4.38. The largest absolute Gasteiger partial charge is 0.481 e. The van der Waals surface area contributed by atoms with Gasteiger partial charge in [0.25, 0.3) is 0 Å². The molecule has 0 atom stereocenters. The number of hydrogen-bond donors (Lipinski definition) is 2. The number of nitrogens with zero attached hydrogens (tertiary/aromatic N) is 1. The second kappa shape index (κ2) is 5.79. The summed E-state index contributed by atoms with van der Waals surface area (Å²) in [4.78, 5) is 25.0. The zero-order chi connectivity index (χ0) is 12.0. The molecule has 0 unspecified atom stereocenters. The third kappa shape index (κ3) is 4.04. The first-order valence-electron chi connectivity index (χ1n) is 4.71. The minimum absolute atomic E-state index is 0.0497. The van der Waals surface area contributed by atoms with E-state index in [1.807, 2.05) is 0 Å². The summed E-state index contributed by atoms with van der Waals surface area (Å²) in [7, 11) is 0. The van der Waals surface area contributed by atoms with Gasteiger partial charge in [-0.2, -0.15) is 0 Å². The number of carbonyl (C=O) groups excluding carboxylic acids is 1. The van der Waals surface area contributed by atoms with E-state index in [0.717, 1.165) is 6.20 Å². The van der Waals surface area contributed by atoms with Crippen LogP contribution in [0.5, 0.6) is 0 Å². The highest BCUT2D eigenvalue weighted by Crippen LogP contribution is 2.11. The molecule has 0 aliphatic carbocycles. The SMILES string of the molecule is O=C(O)CCCC(=O)Nc1ccncc1F. The predicted octanol–water partition coefficient (Wildman–Crippen LogP) is 1.41. The highest BCUT2D eigenvalue weighted by Gasteiger charge is 2.07. The number of nitrogens with one attached hydrogen (secondary N) is 1. The number of pyridine rings is 1. The zero-order valence-electron chi connectivity index (χ0n) is 8.44. The molecule has 1 aromatic heterocycles. The number of hydrogen-bond acceptors (Lipinski definition) is 3. The van der Waals surface area contributed by atoms with Crippen molar-refractivity contribution in [1.29, 1.82) is 0 Å². The van der Waals surface area contributed by atoms with Gasteiger partial charge in [-0.05, 0) is 12.5 Å². The fraction of sp³-hybridized carbons (Fsp3) is 0.300. The molecule has 6 heteroatoms. The first-order valence-corrected chi connectivity index (χ1v) is 4.71. The van der Waals surface area contributed by atoms with Crippen molar-refractivity contribution in [2.75, 3.05) is 5.32 Å². The van der Waals surface area contributed by atoms with Crippen molar-refractivity contribution >= 4 is 17.6 Å². The maximum atomic E-state index is 13.0. The number of aromatic nitrogens is 1. The average Bonchev–Trinajstić information content (AvgIpc) is 2.21. The number of amides is 1. The first-order chi connectivity index (χ1) is 7.59. The van der Waals surface area contributed by atoms with E-state index in [9.17, 15) is 14.0 Å². The highest BCUT2D eigenvalue weighted by molar-refractivity contribution is 5.90. The van der Waals surface area contributed by atoms with Crippen molar-refractivity contribution in [1.82, 2.24) is 4.98 Å². The maximum absolute atomic E-state index is 13.0. The Labute approximate surface area is 91.3 Å². The minimum atomic E-state index is -0.956. The Bertz CT molecular complexity index is 395. The van der Waals surface area contributed by atoms with Crippen LogP contribution in [0.4, 0.5) is 10.1 Å². The summed E-state index contributed by atoms with van der Waals surface area (Å²) >= 11 is 0. The molecule has 0 radical (unpaired) electrons. The zero-order valence-corrected chi connectivity index (χ0v) is 8.44. The Morgan fingerprint density at radius 3 is 2.81 bits per heavy atom. The number of carboxylic acids is 1. The third-order valence-electron chi connectivity index (χ3n) is 1.84. The average molecular weight is 226 g/mol. The summed E-state index contributed by atoms with van der Waals surface area (Å²) in [5, 5.41) is 10.7. The minimum Gasteiger partial charge on any atom is -0.481 e. The van der Waals surface area contributed by atoms with Gasteiger partial charge in [-0.3, -0.25) is 14.6 Å². The van der Waals surface area contributed by atoms with E-state index in [4.69, 9.17) is 5.11 Å². The molecule has 1 rings (SSSR count). The van der Waals surface area contributed by atoms with Crippen LogP contribution >= 0.6 is 0 Å². The van der Waals surface area contributed by atoms with E-state index in [-0.39, 0.29) is 24.9 Å². The highest BCUT2D eigenvalue weighted by atomic mass is 19.1. The van der Waals surface area contributed by atoms with Gasteiger partial charge in [0.2, 0.25) is 5.91 Å². The van der Waals surface area contributed by atoms with Crippen molar-refractivity contribution < 1.29 is 19.1 Å². The molecule has 5 nitrogen and oxygen atoms in total. The van der Waals surface area contributed by atoms with Crippen LogP contribution in [0.2, 0.25) is 0 Å². The quantitative estimate of drug-likeness (QED) is 0.795. The maximum Gasteiger partial charge on any atom is 0.303 e. The summed E-state index contributed by atoms with van der Waals surface area (Å²) in [6.07, 6.45) is 2.55. The Morgan fingerprint density at radius 2 is 2.19 bits per heavy atom. The molecule has 0 aliphatic heterocycles. The van der Waals surface area contributed by atoms with E-state index in [1.54, 1.807) is 0 Å². The van der Waals surface area contributed by atoms with Crippen LogP contribution in [0.3, 0.4) is 0 Å². The number of aliphatic carboxylic acids is 1. The normalized spacial score (nSPS) is 9.81. The standard InChI is InChI=1S/C10H11FN2O3/c11-7-6-12-5-4-8(7)13-9(14)2-1-3-10(15)16/h4-6H,1-3H2,(H,15,16)(H,12,13,14). The Morgan fingerprint density at radius 1 is 1.44 bits per heavy atom. The van der Waals surface area contributed by atoms with Gasteiger partial charge in [-0.1, -0.05) is 0 Å². The molecule has 0 saturated carbocycles. The fourth-order valence-corrected chi connectivity index (χ4v) is 1.09. The van der Waals surface area contributed by atoms with Gasteiger partial charge >= 0.3 is 5.97 Å². The van der Waals surface area contributed by atoms with E-state index in [2.05, 4.69) is 10.3 Å². The van der Waals surface area contributed by atoms with Crippen molar-refractivity contribution in [3.8, 4) is 0 Å². The Hall–Kier alpha value is -1.98.